The first-order valence-corrected chi connectivity index (χ1v) is 11.1. The monoisotopic (exact) mass is 394 g/mol. The van der Waals surface area contributed by atoms with Crippen molar-refractivity contribution in [3.8, 4) is 0 Å². The molecule has 7 heteroatoms. The number of sulfonamides is 1. The van der Waals surface area contributed by atoms with E-state index in [1.165, 1.54) is 0 Å². The van der Waals surface area contributed by atoms with E-state index < -0.39 is 15.4 Å². The number of amides is 1. The van der Waals surface area contributed by atoms with Crippen molar-refractivity contribution in [2.45, 2.75) is 63.7 Å². The van der Waals surface area contributed by atoms with Crippen molar-refractivity contribution in [3.63, 3.8) is 0 Å². The van der Waals surface area contributed by atoms with Crippen molar-refractivity contribution in [2.75, 3.05) is 24.6 Å². The second-order valence-electron chi connectivity index (χ2n) is 8.50. The topological polar surface area (TPSA) is 86.7 Å². The number of nitrogens with one attached hydrogen (secondary N) is 1. The first-order chi connectivity index (χ1) is 12.6. The molecule has 0 saturated heterocycles. The van der Waals surface area contributed by atoms with Gasteiger partial charge in [-0.15, -0.1) is 0 Å². The third-order valence-corrected chi connectivity index (χ3v) is 7.64. The number of aliphatic hydroxyl groups is 1. The summed E-state index contributed by atoms with van der Waals surface area (Å²) in [4.78, 5) is 14.7. The molecule has 0 radical (unpaired) electrons. The van der Waals surface area contributed by atoms with Gasteiger partial charge in [-0.1, -0.05) is 12.8 Å². The van der Waals surface area contributed by atoms with Crippen LogP contribution in [0.15, 0.2) is 17.0 Å². The van der Waals surface area contributed by atoms with Crippen molar-refractivity contribution in [1.29, 1.82) is 0 Å². The lowest BCUT2D eigenvalue weighted by molar-refractivity contribution is -0.122. The van der Waals surface area contributed by atoms with E-state index in [0.29, 0.717) is 6.54 Å². The maximum Gasteiger partial charge on any atom is 0.240 e. The molecular weight excluding hydrogens is 364 g/mol. The van der Waals surface area contributed by atoms with Gasteiger partial charge in [-0.3, -0.25) is 4.79 Å². The minimum Gasteiger partial charge on any atom is -0.396 e. The van der Waals surface area contributed by atoms with Gasteiger partial charge in [0.15, 0.2) is 0 Å². The molecule has 1 aromatic carbocycles. The molecular formula is C20H30N2O4S. The molecule has 6 nitrogen and oxygen atoms in total. The Balaban J connectivity index is 1.95. The van der Waals surface area contributed by atoms with Crippen LogP contribution in [0.3, 0.4) is 0 Å². The number of carbonyl (C=O) groups is 1. The number of likely N-dealkylation sites (N-methyl/N-ethyl adjacent to an activating group) is 1. The van der Waals surface area contributed by atoms with Gasteiger partial charge >= 0.3 is 0 Å². The predicted octanol–water partition coefficient (Wildman–Crippen LogP) is 2.47. The van der Waals surface area contributed by atoms with Crippen LogP contribution in [0.25, 0.3) is 0 Å². The van der Waals surface area contributed by atoms with Crippen LogP contribution in [0.4, 0.5) is 5.69 Å². The standard InChI is InChI=1S/C20H30N2O4S/c1-5-22-17-14(2)10-15(11-16(17)19(3,4)18(22)24)27(25,26)21-12-20(13-23)8-6-7-9-20/h10-11,21,23H,5-9,12-13H2,1-4H3. The molecule has 1 heterocycles. The fraction of sp³-hybridized carbons (Fsp3) is 0.650. The molecule has 0 spiro atoms. The van der Waals surface area contributed by atoms with E-state index in [0.717, 1.165) is 42.5 Å². The van der Waals surface area contributed by atoms with E-state index in [1.54, 1.807) is 17.0 Å². The lowest BCUT2D eigenvalue weighted by atomic mass is 9.85. The zero-order chi connectivity index (χ0) is 20.0. The maximum absolute atomic E-state index is 13.0. The number of aryl methyl sites for hydroxylation is 1. The normalized spacial score (nSPS) is 20.9. The summed E-state index contributed by atoms with van der Waals surface area (Å²) in [6.07, 6.45) is 3.71. The molecule has 27 heavy (non-hydrogen) atoms. The number of fused-ring (bicyclic) bond motifs is 1. The Hall–Kier alpha value is -1.44. The molecule has 0 bridgehead atoms. The van der Waals surface area contributed by atoms with Crippen LogP contribution < -0.4 is 9.62 Å². The fourth-order valence-electron chi connectivity index (χ4n) is 4.44. The van der Waals surface area contributed by atoms with Crippen LogP contribution in [0.2, 0.25) is 0 Å². The molecule has 1 aliphatic carbocycles. The number of nitrogens with zero attached hydrogens (tertiary/aromatic N) is 1. The summed E-state index contributed by atoms with van der Waals surface area (Å²) in [7, 11) is -3.72. The van der Waals surface area contributed by atoms with Gasteiger partial charge in [0.2, 0.25) is 15.9 Å². The van der Waals surface area contributed by atoms with Crippen molar-refractivity contribution in [2.24, 2.45) is 5.41 Å². The van der Waals surface area contributed by atoms with Crippen LogP contribution >= 0.6 is 0 Å². The number of benzene rings is 1. The summed E-state index contributed by atoms with van der Waals surface area (Å²) in [6, 6.07) is 3.28. The molecule has 3 rings (SSSR count). The van der Waals surface area contributed by atoms with E-state index in [1.807, 2.05) is 27.7 Å². The first-order valence-electron chi connectivity index (χ1n) is 9.65. The molecule has 150 valence electrons. The SMILES string of the molecule is CCN1C(=O)C(C)(C)c2cc(S(=O)(=O)NCC3(CO)CCCC3)cc(C)c21. The average Bonchev–Trinajstić information content (AvgIpc) is 3.17. The van der Waals surface area contributed by atoms with Crippen LogP contribution in [-0.4, -0.2) is 39.1 Å². The number of rotatable bonds is 6. The number of hydrogen-bond donors (Lipinski definition) is 2. The van der Waals surface area contributed by atoms with E-state index in [9.17, 15) is 18.3 Å². The molecule has 0 aromatic heterocycles. The number of hydrogen-bond acceptors (Lipinski definition) is 4. The second-order valence-corrected chi connectivity index (χ2v) is 10.3. The van der Waals surface area contributed by atoms with Gasteiger partial charge in [-0.05, 0) is 63.8 Å². The smallest absolute Gasteiger partial charge is 0.240 e. The van der Waals surface area contributed by atoms with Gasteiger partial charge in [0, 0.05) is 25.1 Å². The minimum atomic E-state index is -3.72. The zero-order valence-corrected chi connectivity index (χ0v) is 17.4. The molecule has 0 unspecified atom stereocenters. The van der Waals surface area contributed by atoms with Gasteiger partial charge < -0.3 is 10.0 Å². The van der Waals surface area contributed by atoms with Gasteiger partial charge in [-0.25, -0.2) is 13.1 Å². The van der Waals surface area contributed by atoms with Crippen LogP contribution in [0.1, 0.15) is 57.6 Å². The highest BCUT2D eigenvalue weighted by atomic mass is 32.2. The average molecular weight is 395 g/mol. The van der Waals surface area contributed by atoms with Gasteiger partial charge in [0.1, 0.15) is 0 Å². The summed E-state index contributed by atoms with van der Waals surface area (Å²) >= 11 is 0. The van der Waals surface area contributed by atoms with Gasteiger partial charge in [0.05, 0.1) is 16.0 Å². The number of carbonyl (C=O) groups excluding carboxylic acids is 1. The molecule has 2 aliphatic rings. The Labute approximate surface area is 162 Å². The maximum atomic E-state index is 13.0. The van der Waals surface area contributed by atoms with E-state index in [-0.39, 0.29) is 29.4 Å². The lowest BCUT2D eigenvalue weighted by Gasteiger charge is -2.26. The summed E-state index contributed by atoms with van der Waals surface area (Å²) in [5.74, 6) is -0.00389. The quantitative estimate of drug-likeness (QED) is 0.776. The summed E-state index contributed by atoms with van der Waals surface area (Å²) < 4.78 is 28.6. The number of anilines is 1. The van der Waals surface area contributed by atoms with Crippen molar-refractivity contribution in [3.05, 3.63) is 23.3 Å². The minimum absolute atomic E-state index is 0.00389. The van der Waals surface area contributed by atoms with Crippen LogP contribution in [0, 0.1) is 12.3 Å². The number of aliphatic hydroxyl groups excluding tert-OH is 1. The predicted molar refractivity (Wildman–Crippen MR) is 105 cm³/mol. The van der Waals surface area contributed by atoms with Crippen molar-refractivity contribution in [1.82, 2.24) is 4.72 Å². The summed E-state index contributed by atoms with van der Waals surface area (Å²) in [5, 5.41) is 9.73. The van der Waals surface area contributed by atoms with Crippen LogP contribution in [0.5, 0.6) is 0 Å². The van der Waals surface area contributed by atoms with Crippen molar-refractivity contribution < 1.29 is 18.3 Å². The third kappa shape index (κ3) is 3.30. The van der Waals surface area contributed by atoms with Gasteiger partial charge in [-0.2, -0.15) is 0 Å². The molecule has 2 N–H and O–H groups in total. The molecule has 1 aliphatic heterocycles. The summed E-state index contributed by atoms with van der Waals surface area (Å²) in [5.41, 5.74) is 1.26. The third-order valence-electron chi connectivity index (χ3n) is 6.26. The van der Waals surface area contributed by atoms with Crippen LogP contribution in [-0.2, 0) is 20.2 Å². The lowest BCUT2D eigenvalue weighted by Crippen LogP contribution is -2.38. The van der Waals surface area contributed by atoms with E-state index in [4.69, 9.17) is 0 Å². The second kappa shape index (κ2) is 6.87. The highest BCUT2D eigenvalue weighted by Gasteiger charge is 2.45. The van der Waals surface area contributed by atoms with Crippen molar-refractivity contribution >= 4 is 21.6 Å². The Morgan fingerprint density at radius 3 is 2.41 bits per heavy atom. The molecule has 0 atom stereocenters. The highest BCUT2D eigenvalue weighted by Crippen LogP contribution is 2.44. The first kappa shape index (κ1) is 20.3. The fourth-order valence-corrected chi connectivity index (χ4v) is 5.71. The van der Waals surface area contributed by atoms with Gasteiger partial charge in [0.25, 0.3) is 0 Å². The Kier molecular flexibility index (Phi) is 5.16. The molecule has 1 amide bonds. The largest absolute Gasteiger partial charge is 0.396 e. The Morgan fingerprint density at radius 1 is 1.22 bits per heavy atom. The van der Waals surface area contributed by atoms with E-state index >= 15 is 0 Å². The van der Waals surface area contributed by atoms with E-state index in [2.05, 4.69) is 4.72 Å². The molecule has 1 fully saturated rings. The Morgan fingerprint density at radius 2 is 1.85 bits per heavy atom. The Bertz CT molecular complexity index is 855. The zero-order valence-electron chi connectivity index (χ0n) is 16.6. The molecule has 1 saturated carbocycles. The molecule has 1 aromatic rings. The summed E-state index contributed by atoms with van der Waals surface area (Å²) in [6.45, 7) is 8.24. The highest BCUT2D eigenvalue weighted by molar-refractivity contribution is 7.89.